The van der Waals surface area contributed by atoms with Gasteiger partial charge in [-0.15, -0.1) is 0 Å². The van der Waals surface area contributed by atoms with Gasteiger partial charge in [0, 0.05) is 23.1 Å². The maximum atomic E-state index is 12.3. The van der Waals surface area contributed by atoms with Crippen molar-refractivity contribution >= 4 is 50.9 Å². The summed E-state index contributed by atoms with van der Waals surface area (Å²) in [5, 5.41) is 4.75. The van der Waals surface area contributed by atoms with Gasteiger partial charge >= 0.3 is 5.69 Å². The second kappa shape index (κ2) is 7.93. The van der Waals surface area contributed by atoms with Crippen LogP contribution >= 0.6 is 27.5 Å². The van der Waals surface area contributed by atoms with Crippen LogP contribution in [0.3, 0.4) is 0 Å². The zero-order chi connectivity index (χ0) is 19.6. The summed E-state index contributed by atoms with van der Waals surface area (Å²) in [6.45, 7) is 2.03. The Morgan fingerprint density at radius 1 is 1.37 bits per heavy atom. The normalized spacial score (nSPS) is 12.2. The number of aromatic amines is 1. The lowest BCUT2D eigenvalue weighted by Crippen LogP contribution is -2.29. The zero-order valence-corrected chi connectivity index (χ0v) is 16.9. The standard InChI is InChI=1S/C17H16BrClN6O2/c1-10(19)7-8-25-13-14(24(2)17(27)22-15(13)26)21-16(25)23-20-9-11-3-5-12(18)6-4-11/h3-7,9H,8H2,1-2H3,(H,21,23)(H,22,26,27)/b10-7-,20-9+. The van der Waals surface area contributed by atoms with Crippen LogP contribution in [0.5, 0.6) is 0 Å². The first kappa shape index (κ1) is 19.1. The summed E-state index contributed by atoms with van der Waals surface area (Å²) in [7, 11) is 1.54. The van der Waals surface area contributed by atoms with Crippen molar-refractivity contribution in [2.75, 3.05) is 5.43 Å². The van der Waals surface area contributed by atoms with Gasteiger partial charge in [0.25, 0.3) is 5.56 Å². The lowest BCUT2D eigenvalue weighted by atomic mass is 10.2. The predicted octanol–water partition coefficient (Wildman–Crippen LogP) is 2.77. The van der Waals surface area contributed by atoms with Crippen LogP contribution in [0.1, 0.15) is 12.5 Å². The molecule has 0 saturated heterocycles. The Bertz CT molecular complexity index is 1150. The van der Waals surface area contributed by atoms with E-state index in [1.54, 1.807) is 23.8 Å². The molecule has 0 bridgehead atoms. The van der Waals surface area contributed by atoms with Crippen LogP contribution in [0, 0.1) is 0 Å². The SMILES string of the molecule is C/C(Cl)=C/Cn1c(N/N=C/c2ccc(Br)cc2)nc2c1c(=O)[nH]c(=O)n2C. The van der Waals surface area contributed by atoms with Crippen LogP contribution < -0.4 is 16.7 Å². The zero-order valence-electron chi connectivity index (χ0n) is 14.5. The molecule has 0 aliphatic rings. The van der Waals surface area contributed by atoms with E-state index in [-0.39, 0.29) is 11.2 Å². The van der Waals surface area contributed by atoms with Gasteiger partial charge in [0.15, 0.2) is 11.2 Å². The Kier molecular flexibility index (Phi) is 5.62. The molecule has 0 saturated carbocycles. The second-order valence-corrected chi connectivity index (χ2v) is 7.26. The number of hydrogen-bond acceptors (Lipinski definition) is 5. The summed E-state index contributed by atoms with van der Waals surface area (Å²) in [5.74, 6) is 0.319. The molecule has 0 fully saturated rings. The molecule has 2 aromatic heterocycles. The Morgan fingerprint density at radius 3 is 2.74 bits per heavy atom. The number of hydrogen-bond donors (Lipinski definition) is 2. The number of rotatable bonds is 5. The number of H-pyrrole nitrogens is 1. The van der Waals surface area contributed by atoms with E-state index in [1.807, 2.05) is 24.3 Å². The van der Waals surface area contributed by atoms with E-state index in [4.69, 9.17) is 11.6 Å². The van der Waals surface area contributed by atoms with Crippen molar-refractivity contribution < 1.29 is 0 Å². The Morgan fingerprint density at radius 2 is 2.07 bits per heavy atom. The Balaban J connectivity index is 2.04. The summed E-state index contributed by atoms with van der Waals surface area (Å²) in [5.41, 5.74) is 3.17. The summed E-state index contributed by atoms with van der Waals surface area (Å²) >= 11 is 9.30. The first-order valence-corrected chi connectivity index (χ1v) is 9.10. The van der Waals surface area contributed by atoms with Crippen LogP contribution in [0.4, 0.5) is 5.95 Å². The van der Waals surface area contributed by atoms with Crippen LogP contribution in [0.25, 0.3) is 11.2 Å². The van der Waals surface area contributed by atoms with Crippen molar-refractivity contribution in [1.29, 1.82) is 0 Å². The number of nitrogens with zero attached hydrogens (tertiary/aromatic N) is 4. The number of nitrogens with one attached hydrogen (secondary N) is 2. The van der Waals surface area contributed by atoms with Gasteiger partial charge in [-0.2, -0.15) is 10.1 Å². The molecule has 0 spiro atoms. The van der Waals surface area contributed by atoms with E-state index < -0.39 is 11.2 Å². The molecule has 0 aliphatic carbocycles. The maximum Gasteiger partial charge on any atom is 0.329 e. The van der Waals surface area contributed by atoms with Gasteiger partial charge in [0.1, 0.15) is 0 Å². The third-order valence-electron chi connectivity index (χ3n) is 3.81. The van der Waals surface area contributed by atoms with Crippen molar-refractivity contribution in [1.82, 2.24) is 19.1 Å². The summed E-state index contributed by atoms with van der Waals surface area (Å²) < 4.78 is 3.85. The molecule has 3 rings (SSSR count). The number of imidazole rings is 1. The number of allylic oxidation sites excluding steroid dienone is 2. The topological polar surface area (TPSA) is 97.1 Å². The number of aromatic nitrogens is 4. The first-order chi connectivity index (χ1) is 12.9. The lowest BCUT2D eigenvalue weighted by molar-refractivity contribution is 0.818. The highest BCUT2D eigenvalue weighted by Gasteiger charge is 2.16. The fourth-order valence-corrected chi connectivity index (χ4v) is 2.76. The maximum absolute atomic E-state index is 12.3. The molecule has 2 heterocycles. The minimum absolute atomic E-state index is 0.255. The second-order valence-electron chi connectivity index (χ2n) is 5.75. The van der Waals surface area contributed by atoms with Crippen molar-refractivity contribution in [2.24, 2.45) is 12.1 Å². The van der Waals surface area contributed by atoms with Crippen LogP contribution in [0.2, 0.25) is 0 Å². The fourth-order valence-electron chi connectivity index (χ4n) is 2.43. The lowest BCUT2D eigenvalue weighted by Gasteiger charge is -2.05. The molecule has 1 aromatic carbocycles. The summed E-state index contributed by atoms with van der Waals surface area (Å²) in [6.07, 6.45) is 3.36. The molecule has 10 heteroatoms. The number of halogens is 2. The van der Waals surface area contributed by atoms with Crippen molar-refractivity contribution in [3.63, 3.8) is 0 Å². The number of hydrazone groups is 1. The van der Waals surface area contributed by atoms with Crippen LogP contribution in [-0.2, 0) is 13.6 Å². The van der Waals surface area contributed by atoms with Crippen molar-refractivity contribution in [2.45, 2.75) is 13.5 Å². The highest BCUT2D eigenvalue weighted by Crippen LogP contribution is 2.16. The van der Waals surface area contributed by atoms with E-state index in [0.29, 0.717) is 17.5 Å². The average molecular weight is 452 g/mol. The number of aryl methyl sites for hydroxylation is 1. The van der Waals surface area contributed by atoms with Gasteiger partial charge in [-0.3, -0.25) is 18.9 Å². The van der Waals surface area contributed by atoms with Gasteiger partial charge in [0.2, 0.25) is 5.95 Å². The smallest absolute Gasteiger partial charge is 0.299 e. The highest BCUT2D eigenvalue weighted by molar-refractivity contribution is 9.10. The molecule has 0 radical (unpaired) electrons. The Labute approximate surface area is 167 Å². The van der Waals surface area contributed by atoms with Crippen molar-refractivity contribution in [3.05, 3.63) is 66.2 Å². The molecule has 0 aliphatic heterocycles. The first-order valence-electron chi connectivity index (χ1n) is 7.93. The molecule has 27 heavy (non-hydrogen) atoms. The minimum Gasteiger partial charge on any atom is -0.299 e. The summed E-state index contributed by atoms with van der Waals surface area (Å²) in [4.78, 5) is 30.8. The van der Waals surface area contributed by atoms with Crippen LogP contribution in [-0.4, -0.2) is 25.3 Å². The van der Waals surface area contributed by atoms with Crippen LogP contribution in [0.15, 0.2) is 54.5 Å². The minimum atomic E-state index is -0.536. The molecular formula is C17H16BrClN6O2. The van der Waals surface area contributed by atoms with Gasteiger partial charge < -0.3 is 0 Å². The molecule has 2 N–H and O–H groups in total. The monoisotopic (exact) mass is 450 g/mol. The predicted molar refractivity (Wildman–Crippen MR) is 111 cm³/mol. The third-order valence-corrected chi connectivity index (χ3v) is 4.49. The molecular weight excluding hydrogens is 436 g/mol. The molecule has 0 unspecified atom stereocenters. The van der Waals surface area contributed by atoms with Gasteiger partial charge in [0.05, 0.1) is 6.21 Å². The Hall–Kier alpha value is -2.65. The molecule has 0 atom stereocenters. The van der Waals surface area contributed by atoms with E-state index in [0.717, 1.165) is 10.0 Å². The molecule has 8 nitrogen and oxygen atoms in total. The quantitative estimate of drug-likeness (QED) is 0.460. The number of benzene rings is 1. The third kappa shape index (κ3) is 4.20. The van der Waals surface area contributed by atoms with E-state index in [2.05, 4.69) is 36.4 Å². The highest BCUT2D eigenvalue weighted by atomic mass is 79.9. The van der Waals surface area contributed by atoms with E-state index in [1.165, 1.54) is 11.6 Å². The number of anilines is 1. The number of fused-ring (bicyclic) bond motifs is 1. The van der Waals surface area contributed by atoms with E-state index >= 15 is 0 Å². The fraction of sp³-hybridized carbons (Fsp3) is 0.176. The molecule has 3 aromatic rings. The summed E-state index contributed by atoms with van der Waals surface area (Å²) in [6, 6.07) is 7.60. The van der Waals surface area contributed by atoms with Gasteiger partial charge in [-0.1, -0.05) is 45.7 Å². The molecule has 0 amide bonds. The van der Waals surface area contributed by atoms with Crippen molar-refractivity contribution in [3.8, 4) is 0 Å². The van der Waals surface area contributed by atoms with Gasteiger partial charge in [-0.05, 0) is 24.6 Å². The van der Waals surface area contributed by atoms with Gasteiger partial charge in [-0.25, -0.2) is 10.2 Å². The largest absolute Gasteiger partial charge is 0.329 e. The average Bonchev–Trinajstić information content (AvgIpc) is 2.99. The van der Waals surface area contributed by atoms with E-state index in [9.17, 15) is 9.59 Å². The molecule has 140 valence electrons.